The number of fused-ring (bicyclic) bond motifs is 4. The number of amides is 2. The van der Waals surface area contributed by atoms with Gasteiger partial charge in [-0.05, 0) is 31.7 Å². The monoisotopic (exact) mass is 353 g/mol. The van der Waals surface area contributed by atoms with Crippen molar-refractivity contribution in [2.75, 3.05) is 11.9 Å². The van der Waals surface area contributed by atoms with Crippen LogP contribution in [-0.4, -0.2) is 32.9 Å². The van der Waals surface area contributed by atoms with E-state index in [0.29, 0.717) is 18.2 Å². The van der Waals surface area contributed by atoms with E-state index >= 15 is 0 Å². The fraction of sp³-hybridized carbons (Fsp3) is 0.579. The average Bonchev–Trinajstić information content (AvgIpc) is 2.98. The molecule has 1 spiro atoms. The molecule has 26 heavy (non-hydrogen) atoms. The van der Waals surface area contributed by atoms with Crippen LogP contribution in [0.2, 0.25) is 0 Å². The van der Waals surface area contributed by atoms with E-state index in [0.717, 1.165) is 56.0 Å². The lowest BCUT2D eigenvalue weighted by atomic mass is 9.80. The SMILES string of the molecule is O=C1NCC2(CCCCC2)n2c1cc1cnc(NC(=O)C3CCC3)nc12. The Morgan fingerprint density at radius 2 is 2.04 bits per heavy atom. The Morgan fingerprint density at radius 1 is 1.23 bits per heavy atom. The molecule has 2 aliphatic carbocycles. The molecule has 0 atom stereocenters. The molecule has 7 nitrogen and oxygen atoms in total. The van der Waals surface area contributed by atoms with Crippen LogP contribution in [0.3, 0.4) is 0 Å². The zero-order chi connectivity index (χ0) is 17.7. The predicted molar refractivity (Wildman–Crippen MR) is 96.9 cm³/mol. The van der Waals surface area contributed by atoms with Gasteiger partial charge in [0.1, 0.15) is 11.3 Å². The normalized spacial score (nSPS) is 21.9. The molecule has 3 aliphatic rings. The zero-order valence-electron chi connectivity index (χ0n) is 14.8. The minimum absolute atomic E-state index is 0.00569. The van der Waals surface area contributed by atoms with Gasteiger partial charge in [-0.15, -0.1) is 0 Å². The van der Waals surface area contributed by atoms with Crippen LogP contribution in [0.15, 0.2) is 12.3 Å². The van der Waals surface area contributed by atoms with E-state index in [4.69, 9.17) is 0 Å². The predicted octanol–water partition coefficient (Wildman–Crippen LogP) is 2.57. The van der Waals surface area contributed by atoms with Crippen LogP contribution in [0.25, 0.3) is 11.0 Å². The van der Waals surface area contributed by atoms with Crippen LogP contribution in [-0.2, 0) is 10.3 Å². The largest absolute Gasteiger partial charge is 0.348 e. The lowest BCUT2D eigenvalue weighted by Gasteiger charge is -2.42. The van der Waals surface area contributed by atoms with Gasteiger partial charge in [0, 0.05) is 24.0 Å². The van der Waals surface area contributed by atoms with Gasteiger partial charge in [-0.25, -0.2) is 4.98 Å². The third-order valence-electron chi connectivity index (χ3n) is 6.32. The van der Waals surface area contributed by atoms with Crippen LogP contribution in [0, 0.1) is 5.92 Å². The molecule has 0 aromatic carbocycles. The number of aromatic nitrogens is 3. The summed E-state index contributed by atoms with van der Waals surface area (Å²) in [6.45, 7) is 0.649. The first-order valence-corrected chi connectivity index (χ1v) is 9.64. The van der Waals surface area contributed by atoms with Crippen molar-refractivity contribution in [1.29, 1.82) is 0 Å². The van der Waals surface area contributed by atoms with Gasteiger partial charge in [0.05, 0.1) is 5.54 Å². The number of anilines is 1. The maximum atomic E-state index is 12.4. The smallest absolute Gasteiger partial charge is 0.268 e. The van der Waals surface area contributed by atoms with Gasteiger partial charge >= 0.3 is 0 Å². The summed E-state index contributed by atoms with van der Waals surface area (Å²) in [6.07, 6.45) is 10.3. The quantitative estimate of drug-likeness (QED) is 0.868. The highest BCUT2D eigenvalue weighted by Crippen LogP contribution is 2.40. The summed E-state index contributed by atoms with van der Waals surface area (Å²) in [5, 5.41) is 6.77. The van der Waals surface area contributed by atoms with Crippen molar-refractivity contribution in [2.24, 2.45) is 5.92 Å². The summed E-state index contributed by atoms with van der Waals surface area (Å²) < 4.78 is 2.13. The topological polar surface area (TPSA) is 88.9 Å². The van der Waals surface area contributed by atoms with Crippen LogP contribution in [0.5, 0.6) is 0 Å². The Morgan fingerprint density at radius 3 is 2.77 bits per heavy atom. The summed E-state index contributed by atoms with van der Waals surface area (Å²) in [7, 11) is 0. The van der Waals surface area contributed by atoms with Crippen molar-refractivity contribution < 1.29 is 9.59 Å². The Bertz CT molecular complexity index is 893. The second kappa shape index (κ2) is 5.79. The standard InChI is InChI=1S/C19H23N5O2/c25-16(12-5-4-6-12)23-18-20-10-13-9-14-17(26)21-11-19(7-2-1-3-8-19)24(14)15(13)22-18/h9-10,12H,1-8,11H2,(H,21,26)(H,20,22,23,25). The maximum absolute atomic E-state index is 12.4. The molecule has 0 saturated heterocycles. The van der Waals surface area contributed by atoms with Gasteiger partial charge in [-0.3, -0.25) is 14.9 Å². The van der Waals surface area contributed by atoms with E-state index < -0.39 is 0 Å². The molecular weight excluding hydrogens is 330 g/mol. The van der Waals surface area contributed by atoms with E-state index in [1.54, 1.807) is 6.20 Å². The molecule has 2 saturated carbocycles. The Hall–Kier alpha value is -2.44. The molecule has 2 aromatic rings. The van der Waals surface area contributed by atoms with E-state index in [2.05, 4.69) is 25.2 Å². The molecule has 2 fully saturated rings. The second-order valence-corrected chi connectivity index (χ2v) is 7.92. The molecule has 5 rings (SSSR count). The Balaban J connectivity index is 1.58. The third kappa shape index (κ3) is 2.33. The number of hydrogen-bond acceptors (Lipinski definition) is 4. The summed E-state index contributed by atoms with van der Waals surface area (Å²) in [5.41, 5.74) is 1.31. The lowest BCUT2D eigenvalue weighted by molar-refractivity contribution is -0.122. The average molecular weight is 353 g/mol. The summed E-state index contributed by atoms with van der Waals surface area (Å²) >= 11 is 0. The number of rotatable bonds is 2. The van der Waals surface area contributed by atoms with Crippen LogP contribution >= 0.6 is 0 Å². The molecule has 2 N–H and O–H groups in total. The van der Waals surface area contributed by atoms with Crippen LogP contribution in [0.4, 0.5) is 5.95 Å². The molecule has 1 aliphatic heterocycles. The minimum atomic E-state index is -0.104. The third-order valence-corrected chi connectivity index (χ3v) is 6.32. The number of nitrogens with one attached hydrogen (secondary N) is 2. The maximum Gasteiger partial charge on any atom is 0.268 e. The zero-order valence-corrected chi connectivity index (χ0v) is 14.8. The van der Waals surface area contributed by atoms with Gasteiger partial charge < -0.3 is 9.88 Å². The van der Waals surface area contributed by atoms with Crippen molar-refractivity contribution in [3.8, 4) is 0 Å². The van der Waals surface area contributed by atoms with E-state index in [-0.39, 0.29) is 23.3 Å². The molecule has 2 amide bonds. The number of nitrogens with zero attached hydrogens (tertiary/aromatic N) is 3. The highest BCUT2D eigenvalue weighted by Gasteiger charge is 2.41. The molecule has 136 valence electrons. The van der Waals surface area contributed by atoms with Crippen LogP contribution in [0.1, 0.15) is 61.9 Å². The van der Waals surface area contributed by atoms with Gasteiger partial charge in [0.25, 0.3) is 5.91 Å². The molecule has 7 heteroatoms. The summed E-state index contributed by atoms with van der Waals surface area (Å²) in [4.78, 5) is 33.6. The fourth-order valence-electron chi connectivity index (χ4n) is 4.60. The highest BCUT2D eigenvalue weighted by molar-refractivity contribution is 5.99. The molecule has 0 bridgehead atoms. The molecule has 0 unspecified atom stereocenters. The van der Waals surface area contributed by atoms with Gasteiger partial charge in [-0.1, -0.05) is 25.7 Å². The first-order chi connectivity index (χ1) is 12.7. The molecule has 3 heterocycles. The van der Waals surface area contributed by atoms with Crippen molar-refractivity contribution in [1.82, 2.24) is 19.9 Å². The van der Waals surface area contributed by atoms with E-state index in [1.807, 2.05) is 6.07 Å². The summed E-state index contributed by atoms with van der Waals surface area (Å²) in [6, 6.07) is 1.87. The number of carbonyl (C=O) groups is 2. The minimum Gasteiger partial charge on any atom is -0.348 e. The Kier molecular flexibility index (Phi) is 3.52. The van der Waals surface area contributed by atoms with Gasteiger partial charge in [0.15, 0.2) is 0 Å². The number of hydrogen-bond donors (Lipinski definition) is 2. The highest BCUT2D eigenvalue weighted by atomic mass is 16.2. The molecule has 0 radical (unpaired) electrons. The summed E-state index contributed by atoms with van der Waals surface area (Å²) in [5.74, 6) is 0.378. The Labute approximate surface area is 151 Å². The first-order valence-electron chi connectivity index (χ1n) is 9.64. The van der Waals surface area contributed by atoms with E-state index in [1.165, 1.54) is 6.42 Å². The van der Waals surface area contributed by atoms with Gasteiger partial charge in [0.2, 0.25) is 11.9 Å². The van der Waals surface area contributed by atoms with Crippen LogP contribution < -0.4 is 10.6 Å². The van der Waals surface area contributed by atoms with Crippen molar-refractivity contribution in [3.05, 3.63) is 18.0 Å². The van der Waals surface area contributed by atoms with Crippen molar-refractivity contribution in [2.45, 2.75) is 56.9 Å². The van der Waals surface area contributed by atoms with E-state index in [9.17, 15) is 9.59 Å². The van der Waals surface area contributed by atoms with Crippen molar-refractivity contribution >= 4 is 28.8 Å². The van der Waals surface area contributed by atoms with Crippen molar-refractivity contribution in [3.63, 3.8) is 0 Å². The number of carbonyl (C=O) groups excluding carboxylic acids is 2. The molecular formula is C19H23N5O2. The first kappa shape index (κ1) is 15.8. The second-order valence-electron chi connectivity index (χ2n) is 7.92. The fourth-order valence-corrected chi connectivity index (χ4v) is 4.60. The molecule has 2 aromatic heterocycles. The lowest BCUT2D eigenvalue weighted by Crippen LogP contribution is -2.52. The van der Waals surface area contributed by atoms with Gasteiger partial charge in [-0.2, -0.15) is 4.98 Å².